The number of fused-ring (bicyclic) bond motifs is 1. The number of nitrogens with one attached hydrogen (secondary N) is 2. The Morgan fingerprint density at radius 3 is 2.95 bits per heavy atom. The monoisotopic (exact) mass is 257 g/mol. The van der Waals surface area contributed by atoms with Crippen molar-refractivity contribution in [2.24, 2.45) is 0 Å². The summed E-state index contributed by atoms with van der Waals surface area (Å²) in [5.74, 6) is 0.850. The summed E-state index contributed by atoms with van der Waals surface area (Å²) < 4.78 is 5.36. The van der Waals surface area contributed by atoms with E-state index in [1.54, 1.807) is 7.11 Å². The lowest BCUT2D eigenvalue weighted by atomic mass is 10.1. The number of rotatable bonds is 3. The van der Waals surface area contributed by atoms with Crippen molar-refractivity contribution in [2.45, 2.75) is 18.9 Å². The van der Waals surface area contributed by atoms with E-state index in [0.29, 0.717) is 6.04 Å². The van der Waals surface area contributed by atoms with E-state index < -0.39 is 0 Å². The number of ether oxygens (including phenoxy) is 1. The van der Waals surface area contributed by atoms with E-state index in [9.17, 15) is 0 Å². The molecule has 0 bridgehead atoms. The Morgan fingerprint density at radius 2 is 2.16 bits per heavy atom. The Hall–Kier alpha value is -1.81. The zero-order valence-electron chi connectivity index (χ0n) is 11.1. The largest absolute Gasteiger partial charge is 0.497 e. The van der Waals surface area contributed by atoms with Crippen LogP contribution in [0.1, 0.15) is 12.8 Å². The summed E-state index contributed by atoms with van der Waals surface area (Å²) >= 11 is 0. The molecule has 0 radical (unpaired) electrons. The Kier molecular flexibility index (Phi) is 3.51. The first-order valence-electron chi connectivity index (χ1n) is 6.77. The number of piperidine rings is 1. The topological polar surface area (TPSA) is 46.2 Å². The number of methoxy groups -OCH3 is 1. The highest BCUT2D eigenvalue weighted by Crippen LogP contribution is 2.29. The van der Waals surface area contributed by atoms with Gasteiger partial charge in [0.1, 0.15) is 5.75 Å². The summed E-state index contributed by atoms with van der Waals surface area (Å²) in [6.45, 7) is 2.16. The maximum absolute atomic E-state index is 5.36. The van der Waals surface area contributed by atoms with Crippen LogP contribution in [0.2, 0.25) is 0 Å². The quantitative estimate of drug-likeness (QED) is 0.886. The van der Waals surface area contributed by atoms with Gasteiger partial charge in [0.2, 0.25) is 0 Å². The average molecular weight is 257 g/mol. The highest BCUT2D eigenvalue weighted by Gasteiger charge is 2.14. The third-order valence-corrected chi connectivity index (χ3v) is 3.63. The molecule has 2 N–H and O–H groups in total. The van der Waals surface area contributed by atoms with Crippen molar-refractivity contribution in [3.05, 3.63) is 30.5 Å². The molecule has 19 heavy (non-hydrogen) atoms. The molecule has 3 rings (SSSR count). The van der Waals surface area contributed by atoms with E-state index in [0.717, 1.165) is 48.3 Å². The van der Waals surface area contributed by atoms with E-state index in [1.807, 2.05) is 18.3 Å². The summed E-state index contributed by atoms with van der Waals surface area (Å²) in [4.78, 5) is 4.41. The van der Waals surface area contributed by atoms with Gasteiger partial charge >= 0.3 is 0 Å². The number of benzene rings is 1. The summed E-state index contributed by atoms with van der Waals surface area (Å²) in [7, 11) is 1.69. The molecule has 1 saturated heterocycles. The Balaban J connectivity index is 1.95. The second-order valence-electron chi connectivity index (χ2n) is 4.91. The fourth-order valence-electron chi connectivity index (χ4n) is 2.58. The highest BCUT2D eigenvalue weighted by atomic mass is 16.5. The fraction of sp³-hybridized carbons (Fsp3) is 0.400. The van der Waals surface area contributed by atoms with Gasteiger partial charge in [-0.3, -0.25) is 4.98 Å². The molecule has 100 valence electrons. The van der Waals surface area contributed by atoms with Crippen molar-refractivity contribution < 1.29 is 4.74 Å². The molecule has 0 unspecified atom stereocenters. The Bertz CT molecular complexity index is 564. The molecule has 1 aliphatic rings. The molecule has 0 atom stereocenters. The van der Waals surface area contributed by atoms with Crippen molar-refractivity contribution in [1.82, 2.24) is 10.3 Å². The number of hydrogen-bond acceptors (Lipinski definition) is 4. The molecule has 2 aromatic rings. The molecule has 0 spiro atoms. The van der Waals surface area contributed by atoms with Crippen LogP contribution in [-0.4, -0.2) is 31.2 Å². The van der Waals surface area contributed by atoms with Crippen LogP contribution < -0.4 is 15.4 Å². The first-order chi connectivity index (χ1) is 9.36. The van der Waals surface area contributed by atoms with Crippen LogP contribution in [0.4, 0.5) is 5.69 Å². The summed E-state index contributed by atoms with van der Waals surface area (Å²) in [5.41, 5.74) is 2.09. The predicted octanol–water partition coefficient (Wildman–Crippen LogP) is 2.41. The number of nitrogens with zero attached hydrogens (tertiary/aromatic N) is 1. The van der Waals surface area contributed by atoms with Gasteiger partial charge in [-0.2, -0.15) is 0 Å². The lowest BCUT2D eigenvalue weighted by Gasteiger charge is -2.25. The van der Waals surface area contributed by atoms with Crippen LogP contribution in [0.5, 0.6) is 5.75 Å². The van der Waals surface area contributed by atoms with Crippen LogP contribution in [0.15, 0.2) is 30.5 Å². The highest BCUT2D eigenvalue weighted by molar-refractivity contribution is 5.92. The van der Waals surface area contributed by atoms with Crippen LogP contribution >= 0.6 is 0 Å². The average Bonchev–Trinajstić information content (AvgIpc) is 2.48. The number of anilines is 1. The third kappa shape index (κ3) is 2.63. The minimum absolute atomic E-state index is 0.525. The van der Waals surface area contributed by atoms with E-state index in [1.165, 1.54) is 0 Å². The Morgan fingerprint density at radius 1 is 1.32 bits per heavy atom. The third-order valence-electron chi connectivity index (χ3n) is 3.63. The van der Waals surface area contributed by atoms with Gasteiger partial charge in [-0.05, 0) is 38.1 Å². The van der Waals surface area contributed by atoms with Gasteiger partial charge in [0.15, 0.2) is 0 Å². The van der Waals surface area contributed by atoms with Crippen molar-refractivity contribution in [3.8, 4) is 5.75 Å². The second-order valence-corrected chi connectivity index (χ2v) is 4.91. The van der Waals surface area contributed by atoms with Crippen LogP contribution in [0, 0.1) is 0 Å². The van der Waals surface area contributed by atoms with Gasteiger partial charge in [-0.15, -0.1) is 0 Å². The molecule has 0 saturated carbocycles. The lowest BCUT2D eigenvalue weighted by Crippen LogP contribution is -2.35. The van der Waals surface area contributed by atoms with Crippen molar-refractivity contribution in [2.75, 3.05) is 25.5 Å². The zero-order valence-corrected chi connectivity index (χ0v) is 11.1. The molecule has 1 aromatic heterocycles. The van der Waals surface area contributed by atoms with Crippen molar-refractivity contribution >= 4 is 16.6 Å². The molecule has 0 amide bonds. The molecule has 4 nitrogen and oxygen atoms in total. The standard InChI is InChI=1S/C15H19N3O/c1-19-12-9-14-13(3-2-6-17-14)15(10-12)18-11-4-7-16-8-5-11/h2-3,6,9-11,16,18H,4-5,7-8H2,1H3. The number of aromatic nitrogens is 1. The maximum atomic E-state index is 5.36. The first kappa shape index (κ1) is 12.2. The summed E-state index contributed by atoms with van der Waals surface area (Å²) in [6, 6.07) is 8.64. The second kappa shape index (κ2) is 5.45. The zero-order chi connectivity index (χ0) is 13.1. The summed E-state index contributed by atoms with van der Waals surface area (Å²) in [6.07, 6.45) is 4.12. The molecule has 2 heterocycles. The normalized spacial score (nSPS) is 16.5. The van der Waals surface area contributed by atoms with Gasteiger partial charge in [0.05, 0.1) is 12.6 Å². The lowest BCUT2D eigenvalue weighted by molar-refractivity contribution is 0.415. The van der Waals surface area contributed by atoms with E-state index in [-0.39, 0.29) is 0 Å². The van der Waals surface area contributed by atoms with Gasteiger partial charge in [0.25, 0.3) is 0 Å². The van der Waals surface area contributed by atoms with Crippen molar-refractivity contribution in [3.63, 3.8) is 0 Å². The molecule has 0 aliphatic carbocycles. The van der Waals surface area contributed by atoms with Gasteiger partial charge in [-0.25, -0.2) is 0 Å². The SMILES string of the molecule is COc1cc(NC2CCNCC2)c2cccnc2c1. The van der Waals surface area contributed by atoms with Crippen LogP contribution in [-0.2, 0) is 0 Å². The molecule has 1 fully saturated rings. The smallest absolute Gasteiger partial charge is 0.123 e. The fourth-order valence-corrected chi connectivity index (χ4v) is 2.58. The molecular formula is C15H19N3O. The molecule has 1 aromatic carbocycles. The van der Waals surface area contributed by atoms with Crippen LogP contribution in [0.3, 0.4) is 0 Å². The number of pyridine rings is 1. The maximum Gasteiger partial charge on any atom is 0.123 e. The summed E-state index contributed by atoms with van der Waals surface area (Å²) in [5, 5.41) is 8.18. The van der Waals surface area contributed by atoms with E-state index >= 15 is 0 Å². The first-order valence-corrected chi connectivity index (χ1v) is 6.77. The molecule has 4 heteroatoms. The molecular weight excluding hydrogens is 238 g/mol. The van der Waals surface area contributed by atoms with Gasteiger partial charge in [0, 0.05) is 35.4 Å². The van der Waals surface area contributed by atoms with Crippen molar-refractivity contribution in [1.29, 1.82) is 0 Å². The molecule has 1 aliphatic heterocycles. The minimum atomic E-state index is 0.525. The van der Waals surface area contributed by atoms with Gasteiger partial charge in [-0.1, -0.05) is 0 Å². The van der Waals surface area contributed by atoms with Crippen LogP contribution in [0.25, 0.3) is 10.9 Å². The van der Waals surface area contributed by atoms with E-state index in [4.69, 9.17) is 4.74 Å². The predicted molar refractivity (Wildman–Crippen MR) is 77.8 cm³/mol. The minimum Gasteiger partial charge on any atom is -0.497 e. The Labute approximate surface area is 113 Å². The number of hydrogen-bond donors (Lipinski definition) is 2. The van der Waals surface area contributed by atoms with E-state index in [2.05, 4.69) is 27.8 Å². The van der Waals surface area contributed by atoms with Gasteiger partial charge < -0.3 is 15.4 Å².